The second-order valence-corrected chi connectivity index (χ2v) is 9.75. The topological polar surface area (TPSA) is 123 Å². The zero-order valence-corrected chi connectivity index (χ0v) is 23.4. The van der Waals surface area contributed by atoms with E-state index in [4.69, 9.17) is 4.74 Å². The third-order valence-electron chi connectivity index (χ3n) is 5.27. The molecule has 0 radical (unpaired) electrons. The number of halogens is 2. The molecule has 3 rings (SSSR count). The lowest BCUT2D eigenvalue weighted by molar-refractivity contribution is -0.120. The number of nitrogens with zero attached hydrogens (tertiary/aromatic N) is 2. The minimum Gasteiger partial charge on any atom is -0.506 e. The van der Waals surface area contributed by atoms with E-state index in [1.165, 1.54) is 12.3 Å². The lowest BCUT2D eigenvalue weighted by Crippen LogP contribution is -2.43. The van der Waals surface area contributed by atoms with Crippen LogP contribution in [0.2, 0.25) is 0 Å². The third-order valence-corrected chi connectivity index (χ3v) is 6.63. The highest BCUT2D eigenvalue weighted by atomic mass is 79.9. The van der Waals surface area contributed by atoms with Crippen molar-refractivity contribution < 1.29 is 24.5 Å². The van der Waals surface area contributed by atoms with Gasteiger partial charge in [0.1, 0.15) is 16.0 Å². The van der Waals surface area contributed by atoms with Gasteiger partial charge in [0.2, 0.25) is 5.91 Å². The number of phenolic OH excluding ortho intramolecular Hbond substituents is 2. The maximum atomic E-state index is 12.7. The molecule has 0 heterocycles. The number of phenols is 2. The van der Waals surface area contributed by atoms with E-state index in [0.717, 1.165) is 17.2 Å². The van der Waals surface area contributed by atoms with Gasteiger partial charge in [-0.25, -0.2) is 5.43 Å². The number of aromatic hydroxyl groups is 2. The third kappa shape index (κ3) is 8.17. The maximum Gasteiger partial charge on any atom is 0.259 e. The van der Waals surface area contributed by atoms with Crippen LogP contribution in [0.1, 0.15) is 18.9 Å². The molecule has 11 heteroatoms. The molecule has 0 bridgehead atoms. The number of rotatable bonds is 12. The molecule has 196 valence electrons. The Bertz CT molecular complexity index is 1290. The molecule has 0 atom stereocenters. The fraction of sp³-hybridized carbons (Fsp3) is 0.269. The number of carbonyl (C=O) groups excluding carboxylic acids is 2. The molecule has 2 amide bonds. The molecule has 3 aromatic carbocycles. The van der Waals surface area contributed by atoms with Gasteiger partial charge in [0.25, 0.3) is 5.91 Å². The molecule has 9 nitrogen and oxygen atoms in total. The quantitative estimate of drug-likeness (QED) is 0.134. The summed E-state index contributed by atoms with van der Waals surface area (Å²) in [6, 6.07) is 15.0. The second-order valence-electron chi connectivity index (χ2n) is 8.10. The first-order valence-corrected chi connectivity index (χ1v) is 13.2. The molecule has 0 fully saturated rings. The smallest absolute Gasteiger partial charge is 0.259 e. The fourth-order valence-electron chi connectivity index (χ4n) is 3.45. The minimum absolute atomic E-state index is 0.0398. The van der Waals surface area contributed by atoms with Crippen molar-refractivity contribution in [2.45, 2.75) is 13.3 Å². The summed E-state index contributed by atoms with van der Waals surface area (Å²) in [4.78, 5) is 27.0. The number of fused-ring (bicyclic) bond motifs is 1. The molecule has 0 aliphatic rings. The summed E-state index contributed by atoms with van der Waals surface area (Å²) in [5.74, 6) is -1.08. The summed E-state index contributed by atoms with van der Waals surface area (Å²) < 4.78 is 5.85. The highest BCUT2D eigenvalue weighted by Crippen LogP contribution is 2.40. The molecule has 0 saturated carbocycles. The van der Waals surface area contributed by atoms with Crippen LogP contribution in [0.3, 0.4) is 0 Å². The molecule has 3 aromatic rings. The van der Waals surface area contributed by atoms with E-state index in [-0.39, 0.29) is 40.5 Å². The van der Waals surface area contributed by atoms with Crippen LogP contribution >= 0.6 is 31.9 Å². The van der Waals surface area contributed by atoms with Crippen molar-refractivity contribution in [3.05, 3.63) is 63.0 Å². The Morgan fingerprint density at radius 3 is 2.49 bits per heavy atom. The van der Waals surface area contributed by atoms with Gasteiger partial charge >= 0.3 is 0 Å². The van der Waals surface area contributed by atoms with Crippen LogP contribution in [-0.2, 0) is 14.3 Å². The van der Waals surface area contributed by atoms with E-state index in [0.29, 0.717) is 29.9 Å². The number of hydrogen-bond acceptors (Lipinski definition) is 7. The standard InChI is InChI=1S/C26H28Br2N4O5/c1-2-10-37-11-9-29-22(33)15-32(20-8-7-17-5-3-4-6-18(17)12-20)16-23(34)31-30-14-19-13-21(27)26(36)24(28)25(19)35/h3-8,12-14,35-36H,2,9-11,15-16H2,1H3,(H,29,33)(H,31,34)/b30-14-. The van der Waals surface area contributed by atoms with Crippen LogP contribution < -0.4 is 15.6 Å². The lowest BCUT2D eigenvalue weighted by atomic mass is 10.1. The summed E-state index contributed by atoms with van der Waals surface area (Å²) in [5, 5.41) is 28.8. The van der Waals surface area contributed by atoms with Gasteiger partial charge < -0.3 is 25.2 Å². The van der Waals surface area contributed by atoms with Crippen LogP contribution in [-0.4, -0.2) is 61.1 Å². The summed E-state index contributed by atoms with van der Waals surface area (Å²) in [6.07, 6.45) is 2.16. The van der Waals surface area contributed by atoms with E-state index in [9.17, 15) is 19.8 Å². The zero-order valence-electron chi connectivity index (χ0n) is 20.2. The number of benzene rings is 3. The largest absolute Gasteiger partial charge is 0.506 e. The van der Waals surface area contributed by atoms with Gasteiger partial charge in [0, 0.05) is 24.4 Å². The monoisotopic (exact) mass is 634 g/mol. The van der Waals surface area contributed by atoms with Gasteiger partial charge in [-0.1, -0.05) is 37.3 Å². The van der Waals surface area contributed by atoms with Crippen LogP contribution in [0.5, 0.6) is 11.5 Å². The Balaban J connectivity index is 1.70. The molecule has 0 saturated heterocycles. The number of hydrazone groups is 1. The van der Waals surface area contributed by atoms with Crippen molar-refractivity contribution in [3.63, 3.8) is 0 Å². The predicted molar refractivity (Wildman–Crippen MR) is 151 cm³/mol. The average molecular weight is 636 g/mol. The normalized spacial score (nSPS) is 11.1. The van der Waals surface area contributed by atoms with Crippen molar-refractivity contribution in [2.75, 3.05) is 37.7 Å². The molecular weight excluding hydrogens is 608 g/mol. The maximum absolute atomic E-state index is 12.7. The fourth-order valence-corrected chi connectivity index (χ4v) is 4.60. The van der Waals surface area contributed by atoms with Gasteiger partial charge in [-0.2, -0.15) is 5.10 Å². The van der Waals surface area contributed by atoms with Crippen molar-refractivity contribution in [1.29, 1.82) is 0 Å². The van der Waals surface area contributed by atoms with E-state index in [1.54, 1.807) is 4.90 Å². The van der Waals surface area contributed by atoms with Crippen LogP contribution in [0.25, 0.3) is 10.8 Å². The molecular formula is C26H28Br2N4O5. The van der Waals surface area contributed by atoms with Crippen molar-refractivity contribution in [3.8, 4) is 11.5 Å². The molecule has 0 unspecified atom stereocenters. The first kappa shape index (κ1) is 28.4. The summed E-state index contributed by atoms with van der Waals surface area (Å²) in [7, 11) is 0. The molecule has 37 heavy (non-hydrogen) atoms. The number of hydrogen-bond donors (Lipinski definition) is 4. The minimum atomic E-state index is -0.458. The van der Waals surface area contributed by atoms with Crippen molar-refractivity contribution >= 4 is 66.3 Å². The molecule has 4 N–H and O–H groups in total. The van der Waals surface area contributed by atoms with Crippen molar-refractivity contribution in [1.82, 2.24) is 10.7 Å². The van der Waals surface area contributed by atoms with Gasteiger partial charge in [0.05, 0.1) is 30.4 Å². The molecule has 0 aromatic heterocycles. The number of amides is 2. The van der Waals surface area contributed by atoms with Gasteiger partial charge in [0.15, 0.2) is 0 Å². The summed E-state index contributed by atoms with van der Waals surface area (Å²) >= 11 is 6.29. The van der Waals surface area contributed by atoms with Crippen LogP contribution in [0.15, 0.2) is 62.6 Å². The SMILES string of the molecule is CCCOCCNC(=O)CN(CC(=O)N/N=C\c1cc(Br)c(O)c(Br)c1O)c1ccc2ccccc2c1. The molecule has 0 spiro atoms. The second kappa shape index (κ2) is 14.0. The average Bonchev–Trinajstić information content (AvgIpc) is 2.89. The van der Waals surface area contributed by atoms with E-state index in [1.807, 2.05) is 49.4 Å². The highest BCUT2D eigenvalue weighted by molar-refractivity contribution is 9.11. The Morgan fingerprint density at radius 2 is 1.73 bits per heavy atom. The Kier molecular flexibility index (Phi) is 10.7. The number of anilines is 1. The highest BCUT2D eigenvalue weighted by Gasteiger charge is 2.16. The molecule has 0 aliphatic heterocycles. The Labute approximate surface area is 231 Å². The lowest BCUT2D eigenvalue weighted by Gasteiger charge is -2.23. The van der Waals surface area contributed by atoms with Gasteiger partial charge in [-0.05, 0) is 67.3 Å². The number of carbonyl (C=O) groups is 2. The van der Waals surface area contributed by atoms with E-state index >= 15 is 0 Å². The van der Waals surface area contributed by atoms with Crippen molar-refractivity contribution in [2.24, 2.45) is 5.10 Å². The van der Waals surface area contributed by atoms with Gasteiger partial charge in [-0.3, -0.25) is 9.59 Å². The Morgan fingerprint density at radius 1 is 1.00 bits per heavy atom. The van der Waals surface area contributed by atoms with Gasteiger partial charge in [-0.15, -0.1) is 0 Å². The first-order chi connectivity index (χ1) is 17.8. The first-order valence-electron chi connectivity index (χ1n) is 11.6. The zero-order chi connectivity index (χ0) is 26.8. The predicted octanol–water partition coefficient (Wildman–Crippen LogP) is 4.28. The number of nitrogens with one attached hydrogen (secondary N) is 2. The molecule has 0 aliphatic carbocycles. The van der Waals surface area contributed by atoms with Crippen LogP contribution in [0.4, 0.5) is 5.69 Å². The summed E-state index contributed by atoms with van der Waals surface area (Å²) in [5.41, 5.74) is 3.40. The number of ether oxygens (including phenoxy) is 1. The van der Waals surface area contributed by atoms with E-state index in [2.05, 4.69) is 47.7 Å². The Hall–Kier alpha value is -3.15. The van der Waals surface area contributed by atoms with E-state index < -0.39 is 5.91 Å². The summed E-state index contributed by atoms with van der Waals surface area (Å²) in [6.45, 7) is 3.27. The van der Waals surface area contributed by atoms with Crippen LogP contribution in [0, 0.1) is 0 Å².